The molecule has 6 heteroatoms. The summed E-state index contributed by atoms with van der Waals surface area (Å²) in [5.74, 6) is -0.841. The van der Waals surface area contributed by atoms with Gasteiger partial charge in [0, 0.05) is 36.5 Å². The van der Waals surface area contributed by atoms with Crippen LogP contribution in [0.4, 0.5) is 5.69 Å². The number of benzene rings is 2. The molecule has 3 aliphatic rings. The van der Waals surface area contributed by atoms with Crippen LogP contribution in [0.3, 0.4) is 0 Å². The van der Waals surface area contributed by atoms with Crippen molar-refractivity contribution in [3.05, 3.63) is 94.8 Å². The molecule has 6 nitrogen and oxygen atoms in total. The second-order valence-electron chi connectivity index (χ2n) is 9.56. The molecule has 0 bridgehead atoms. The fourth-order valence-corrected chi connectivity index (χ4v) is 5.30. The van der Waals surface area contributed by atoms with E-state index in [4.69, 9.17) is 5.73 Å². The zero-order valence-electron chi connectivity index (χ0n) is 20.2. The van der Waals surface area contributed by atoms with Crippen molar-refractivity contribution in [2.75, 3.05) is 18.4 Å². The average Bonchev–Trinajstić information content (AvgIpc) is 3.15. The number of nitrogens with one attached hydrogen (secondary N) is 1. The Hall–Kier alpha value is -3.64. The number of amides is 2. The first-order valence-corrected chi connectivity index (χ1v) is 12.4. The van der Waals surface area contributed by atoms with Gasteiger partial charge in [-0.25, -0.2) is 0 Å². The van der Waals surface area contributed by atoms with Gasteiger partial charge < -0.3 is 11.1 Å². The van der Waals surface area contributed by atoms with Crippen LogP contribution in [-0.2, 0) is 16.1 Å². The molecule has 5 rings (SSSR count). The van der Waals surface area contributed by atoms with E-state index in [2.05, 4.69) is 34.5 Å². The molecule has 1 unspecified atom stereocenters. The molecule has 3 N–H and O–H groups in total. The maximum Gasteiger partial charge on any atom is 0.263 e. The summed E-state index contributed by atoms with van der Waals surface area (Å²) in [4.78, 5) is 29.8. The van der Waals surface area contributed by atoms with Crippen LogP contribution in [0.5, 0.6) is 0 Å². The molecule has 2 aromatic carbocycles. The molecule has 2 saturated heterocycles. The highest BCUT2D eigenvalue weighted by molar-refractivity contribution is 6.14. The first-order chi connectivity index (χ1) is 17.0. The maximum atomic E-state index is 13.6. The minimum absolute atomic E-state index is 0.266. The number of anilines is 1. The first-order valence-electron chi connectivity index (χ1n) is 12.4. The lowest BCUT2D eigenvalue weighted by Gasteiger charge is -2.26. The Morgan fingerprint density at radius 2 is 1.71 bits per heavy atom. The Balaban J connectivity index is 1.50. The minimum Gasteiger partial charge on any atom is -0.402 e. The molecule has 0 saturated carbocycles. The van der Waals surface area contributed by atoms with Gasteiger partial charge in [-0.1, -0.05) is 48.9 Å². The largest absolute Gasteiger partial charge is 0.402 e. The number of rotatable bonds is 5. The summed E-state index contributed by atoms with van der Waals surface area (Å²) in [6.07, 6.45) is 7.97. The zero-order valence-corrected chi connectivity index (χ0v) is 20.2. The average molecular weight is 469 g/mol. The lowest BCUT2D eigenvalue weighted by Crippen LogP contribution is -2.29. The fourth-order valence-electron chi connectivity index (χ4n) is 5.30. The van der Waals surface area contributed by atoms with Gasteiger partial charge in [-0.3, -0.25) is 19.4 Å². The molecule has 1 atom stereocenters. The van der Waals surface area contributed by atoms with Crippen LogP contribution in [0.1, 0.15) is 43.7 Å². The second kappa shape index (κ2) is 9.92. The minimum atomic E-state index is -0.287. The van der Waals surface area contributed by atoms with Crippen molar-refractivity contribution in [2.45, 2.75) is 39.2 Å². The van der Waals surface area contributed by atoms with E-state index < -0.39 is 0 Å². The monoisotopic (exact) mass is 468 g/mol. The number of carbonyl (C=O) groups excluding carboxylic acids is 2. The molecular formula is C29H32N4O2. The molecule has 0 radical (unpaired) electrons. The van der Waals surface area contributed by atoms with E-state index in [-0.39, 0.29) is 17.7 Å². The summed E-state index contributed by atoms with van der Waals surface area (Å²) in [6, 6.07) is 18.2. The number of fused-ring (bicyclic) bond motifs is 1. The van der Waals surface area contributed by atoms with Crippen molar-refractivity contribution < 1.29 is 9.59 Å². The number of nitrogens with two attached hydrogens (primary N) is 1. The topological polar surface area (TPSA) is 78.7 Å². The van der Waals surface area contributed by atoms with Crippen molar-refractivity contribution >= 4 is 23.2 Å². The van der Waals surface area contributed by atoms with Crippen molar-refractivity contribution in [1.82, 2.24) is 9.80 Å². The van der Waals surface area contributed by atoms with Crippen LogP contribution in [0, 0.1) is 5.92 Å². The van der Waals surface area contributed by atoms with E-state index in [0.717, 1.165) is 30.9 Å². The van der Waals surface area contributed by atoms with Crippen LogP contribution in [0.25, 0.3) is 5.70 Å². The van der Waals surface area contributed by atoms with Crippen molar-refractivity contribution in [3.63, 3.8) is 0 Å². The van der Waals surface area contributed by atoms with Gasteiger partial charge in [-0.05, 0) is 67.8 Å². The van der Waals surface area contributed by atoms with Crippen LogP contribution in [0.15, 0.2) is 83.7 Å². The third kappa shape index (κ3) is 4.80. The summed E-state index contributed by atoms with van der Waals surface area (Å²) in [5, 5.41) is 3.53. The maximum absolute atomic E-state index is 13.6. The van der Waals surface area contributed by atoms with E-state index in [1.165, 1.54) is 36.6 Å². The third-order valence-corrected chi connectivity index (χ3v) is 7.03. The van der Waals surface area contributed by atoms with Crippen LogP contribution in [-0.4, -0.2) is 34.7 Å². The molecule has 2 amide bonds. The van der Waals surface area contributed by atoms with Gasteiger partial charge in [0.2, 0.25) is 5.91 Å². The van der Waals surface area contributed by atoms with E-state index in [1.54, 1.807) is 12.2 Å². The highest BCUT2D eigenvalue weighted by atomic mass is 16.2. The molecule has 180 valence electrons. The second-order valence-corrected chi connectivity index (χ2v) is 9.56. The molecular weight excluding hydrogens is 436 g/mol. The number of nitrogens with zero attached hydrogens (tertiary/aromatic N) is 2. The van der Waals surface area contributed by atoms with Crippen molar-refractivity contribution in [3.8, 4) is 0 Å². The Bertz CT molecular complexity index is 1210. The summed E-state index contributed by atoms with van der Waals surface area (Å²) in [5.41, 5.74) is 11.9. The van der Waals surface area contributed by atoms with E-state index in [1.807, 2.05) is 30.3 Å². The lowest BCUT2D eigenvalue weighted by atomic mass is 9.88. The Labute approximate surface area is 206 Å². The van der Waals surface area contributed by atoms with Crippen LogP contribution in [0.2, 0.25) is 0 Å². The number of hydrogen-bond donors (Lipinski definition) is 2. The molecule has 35 heavy (non-hydrogen) atoms. The molecule has 2 fully saturated rings. The van der Waals surface area contributed by atoms with E-state index in [0.29, 0.717) is 29.1 Å². The highest BCUT2D eigenvalue weighted by Crippen LogP contribution is 2.43. The van der Waals surface area contributed by atoms with Gasteiger partial charge >= 0.3 is 0 Å². The Morgan fingerprint density at radius 3 is 2.40 bits per heavy atom. The summed E-state index contributed by atoms with van der Waals surface area (Å²) in [6.45, 7) is 4.71. The van der Waals surface area contributed by atoms with Gasteiger partial charge in [0.25, 0.3) is 5.91 Å². The van der Waals surface area contributed by atoms with E-state index in [9.17, 15) is 9.59 Å². The number of piperidine rings is 1. The number of hydrogen-bond acceptors (Lipinski definition) is 5. The van der Waals surface area contributed by atoms with Gasteiger partial charge in [-0.15, -0.1) is 0 Å². The Kier molecular flexibility index (Phi) is 6.55. The fraction of sp³-hybridized carbons (Fsp3) is 0.310. The molecule has 2 aromatic rings. The smallest absolute Gasteiger partial charge is 0.263 e. The highest BCUT2D eigenvalue weighted by Gasteiger charge is 2.44. The number of carbonyl (C=O) groups is 2. The van der Waals surface area contributed by atoms with Crippen molar-refractivity contribution in [1.29, 1.82) is 0 Å². The van der Waals surface area contributed by atoms with Gasteiger partial charge in [0.05, 0.1) is 11.3 Å². The molecule has 2 heterocycles. The summed E-state index contributed by atoms with van der Waals surface area (Å²) in [7, 11) is 0. The molecule has 2 aliphatic heterocycles. The third-order valence-electron chi connectivity index (χ3n) is 7.03. The predicted octanol–water partition coefficient (Wildman–Crippen LogP) is 4.63. The lowest BCUT2D eigenvalue weighted by molar-refractivity contribution is -0.137. The van der Waals surface area contributed by atoms with E-state index >= 15 is 0 Å². The molecule has 0 spiro atoms. The van der Waals surface area contributed by atoms with Gasteiger partial charge in [0.15, 0.2) is 0 Å². The summed E-state index contributed by atoms with van der Waals surface area (Å²) >= 11 is 0. The zero-order chi connectivity index (χ0) is 24.4. The first kappa shape index (κ1) is 23.1. The number of allylic oxidation sites excluding steroid dienone is 4. The summed E-state index contributed by atoms with van der Waals surface area (Å²) < 4.78 is 0. The molecule has 0 aromatic heterocycles. The van der Waals surface area contributed by atoms with Gasteiger partial charge in [-0.2, -0.15) is 0 Å². The standard InChI is InChI=1S/C29H32N4O2/c1-20(34)33-26-15-12-23(30)18-25(26)27(29(33)35)28(22-8-4-2-5-9-22)31-24-13-10-21(11-14-24)19-32-16-6-3-7-17-32/h2,4-5,8-15,25,31H,3,6-7,16-19,30H2,1H3. The number of likely N-dealkylation sites (tertiary alicyclic amines) is 2. The van der Waals surface area contributed by atoms with Crippen molar-refractivity contribution in [2.24, 2.45) is 11.7 Å². The predicted molar refractivity (Wildman–Crippen MR) is 139 cm³/mol. The van der Waals surface area contributed by atoms with Gasteiger partial charge in [0.1, 0.15) is 0 Å². The SMILES string of the molecule is CC(=O)N1C(=O)C(=C(Nc2ccc(CN3CCCCC3)cc2)c2ccccc2)C2CC(N)=CC=C21. The Morgan fingerprint density at radius 1 is 1.00 bits per heavy atom. The van der Waals surface area contributed by atoms with Crippen LogP contribution < -0.4 is 11.1 Å². The number of imide groups is 1. The normalized spacial score (nSPS) is 21.8. The quantitative estimate of drug-likeness (QED) is 0.626. The molecule has 1 aliphatic carbocycles. The van der Waals surface area contributed by atoms with Crippen LogP contribution >= 0.6 is 0 Å².